The van der Waals surface area contributed by atoms with Crippen LogP contribution in [0.5, 0.6) is 5.75 Å². The van der Waals surface area contributed by atoms with Crippen molar-refractivity contribution in [2.75, 3.05) is 20.3 Å². The average Bonchev–Trinajstić information content (AvgIpc) is 3.34. The van der Waals surface area contributed by atoms with Crippen molar-refractivity contribution in [3.63, 3.8) is 0 Å². The standard InChI is InChI=1S/C28H27NO5/c1-17-15-20-16-19(11-12-23(20)34-17)26(30)24-25(29(13-6-14-33-2)28(32)27(24)31)22-10-5-8-18-7-3-4-9-21(18)22/h3-5,7-12,16-17,25,30H,6,13-15H2,1-2H3/t17-,25-/m1/s1. The Balaban J connectivity index is 1.67. The Labute approximate surface area is 198 Å². The first-order valence-corrected chi connectivity index (χ1v) is 11.5. The number of hydrogen-bond donors (Lipinski definition) is 1. The number of likely N-dealkylation sites (tertiary alicyclic amines) is 1. The highest BCUT2D eigenvalue weighted by molar-refractivity contribution is 6.46. The van der Waals surface area contributed by atoms with Gasteiger partial charge in [-0.15, -0.1) is 0 Å². The number of benzene rings is 3. The highest BCUT2D eigenvalue weighted by Gasteiger charge is 2.46. The summed E-state index contributed by atoms with van der Waals surface area (Å²) in [5, 5.41) is 13.4. The maximum atomic E-state index is 13.3. The van der Waals surface area contributed by atoms with Gasteiger partial charge in [-0.25, -0.2) is 0 Å². The number of ether oxygens (including phenoxy) is 2. The molecule has 174 valence electrons. The highest BCUT2D eigenvalue weighted by atomic mass is 16.5. The monoisotopic (exact) mass is 457 g/mol. The van der Waals surface area contributed by atoms with Crippen molar-refractivity contribution < 1.29 is 24.2 Å². The molecule has 3 aromatic carbocycles. The number of methoxy groups -OCH3 is 1. The van der Waals surface area contributed by atoms with Gasteiger partial charge in [0.2, 0.25) is 0 Å². The Kier molecular flexibility index (Phi) is 5.84. The average molecular weight is 458 g/mol. The predicted octanol–water partition coefficient (Wildman–Crippen LogP) is 4.62. The van der Waals surface area contributed by atoms with Crippen molar-refractivity contribution in [1.29, 1.82) is 0 Å². The van der Waals surface area contributed by atoms with Gasteiger partial charge in [-0.2, -0.15) is 0 Å². The molecule has 34 heavy (non-hydrogen) atoms. The van der Waals surface area contributed by atoms with E-state index in [0.717, 1.165) is 34.1 Å². The molecular weight excluding hydrogens is 430 g/mol. The zero-order chi connectivity index (χ0) is 23.8. The third-order valence-corrected chi connectivity index (χ3v) is 6.57. The van der Waals surface area contributed by atoms with E-state index in [2.05, 4.69) is 0 Å². The van der Waals surface area contributed by atoms with E-state index >= 15 is 0 Å². The summed E-state index contributed by atoms with van der Waals surface area (Å²) in [5.74, 6) is -0.644. The molecule has 0 bridgehead atoms. The van der Waals surface area contributed by atoms with Crippen LogP contribution in [0, 0.1) is 0 Å². The van der Waals surface area contributed by atoms with Crippen LogP contribution in [0.1, 0.15) is 36.1 Å². The topological polar surface area (TPSA) is 76.1 Å². The van der Waals surface area contributed by atoms with Crippen LogP contribution in [0.2, 0.25) is 0 Å². The van der Waals surface area contributed by atoms with Crippen LogP contribution in [0.25, 0.3) is 16.5 Å². The third-order valence-electron chi connectivity index (χ3n) is 6.57. The first-order chi connectivity index (χ1) is 16.5. The van der Waals surface area contributed by atoms with Crippen LogP contribution >= 0.6 is 0 Å². The number of fused-ring (bicyclic) bond motifs is 2. The zero-order valence-corrected chi connectivity index (χ0v) is 19.3. The van der Waals surface area contributed by atoms with Crippen LogP contribution in [-0.2, 0) is 20.7 Å². The van der Waals surface area contributed by atoms with Gasteiger partial charge in [-0.1, -0.05) is 42.5 Å². The summed E-state index contributed by atoms with van der Waals surface area (Å²) < 4.78 is 11.0. The summed E-state index contributed by atoms with van der Waals surface area (Å²) in [6, 6.07) is 18.4. The second-order valence-electron chi connectivity index (χ2n) is 8.86. The lowest BCUT2D eigenvalue weighted by atomic mass is 9.91. The van der Waals surface area contributed by atoms with Gasteiger partial charge >= 0.3 is 0 Å². The number of rotatable bonds is 6. The van der Waals surface area contributed by atoms with Gasteiger partial charge in [-0.05, 0) is 53.4 Å². The molecule has 0 aromatic heterocycles. The molecule has 0 radical (unpaired) electrons. The van der Waals surface area contributed by atoms with E-state index in [0.29, 0.717) is 25.1 Å². The van der Waals surface area contributed by atoms with Gasteiger partial charge in [-0.3, -0.25) is 9.59 Å². The maximum Gasteiger partial charge on any atom is 0.295 e. The molecule has 1 saturated heterocycles. The minimum Gasteiger partial charge on any atom is -0.507 e. The summed E-state index contributed by atoms with van der Waals surface area (Å²) in [6.45, 7) is 2.80. The first-order valence-electron chi connectivity index (χ1n) is 11.5. The van der Waals surface area contributed by atoms with Crippen molar-refractivity contribution in [1.82, 2.24) is 4.90 Å². The number of carbonyl (C=O) groups excluding carboxylic acids is 2. The fourth-order valence-electron chi connectivity index (χ4n) is 5.03. The Bertz CT molecular complexity index is 1310. The minimum atomic E-state index is -0.689. The fourth-order valence-corrected chi connectivity index (χ4v) is 5.03. The lowest BCUT2D eigenvalue weighted by Crippen LogP contribution is -2.31. The molecular formula is C28H27NO5. The Hall–Kier alpha value is -3.64. The molecule has 6 heteroatoms. The number of nitrogens with zero attached hydrogens (tertiary/aromatic N) is 1. The Morgan fingerprint density at radius 1 is 1.12 bits per heavy atom. The maximum absolute atomic E-state index is 13.3. The molecule has 0 saturated carbocycles. The number of amides is 1. The van der Waals surface area contributed by atoms with Crippen LogP contribution < -0.4 is 4.74 Å². The largest absolute Gasteiger partial charge is 0.507 e. The van der Waals surface area contributed by atoms with E-state index < -0.39 is 17.7 Å². The summed E-state index contributed by atoms with van der Waals surface area (Å²) in [5.41, 5.74) is 2.42. The summed E-state index contributed by atoms with van der Waals surface area (Å²) >= 11 is 0. The fraction of sp³-hybridized carbons (Fsp3) is 0.286. The molecule has 2 heterocycles. The van der Waals surface area contributed by atoms with Crippen LogP contribution in [-0.4, -0.2) is 48.1 Å². The predicted molar refractivity (Wildman–Crippen MR) is 130 cm³/mol. The summed E-state index contributed by atoms with van der Waals surface area (Å²) in [7, 11) is 1.61. The normalized spacial score (nSPS) is 21.2. The summed E-state index contributed by atoms with van der Waals surface area (Å²) in [6.07, 6.45) is 1.38. The van der Waals surface area contributed by atoms with Crippen LogP contribution in [0.4, 0.5) is 0 Å². The molecule has 0 unspecified atom stereocenters. The number of aliphatic hydroxyl groups excluding tert-OH is 1. The number of hydrogen-bond acceptors (Lipinski definition) is 5. The molecule has 3 aromatic rings. The molecule has 6 nitrogen and oxygen atoms in total. The molecule has 1 N–H and O–H groups in total. The lowest BCUT2D eigenvalue weighted by Gasteiger charge is -2.26. The van der Waals surface area contributed by atoms with Gasteiger partial charge in [0.05, 0.1) is 11.6 Å². The molecule has 1 amide bonds. The number of ketones is 1. The Morgan fingerprint density at radius 3 is 2.74 bits per heavy atom. The minimum absolute atomic E-state index is 0.0643. The SMILES string of the molecule is COCCCN1C(=O)C(=O)C(=C(O)c2ccc3c(c2)C[C@@H](C)O3)[C@H]1c1cccc2ccccc12. The van der Waals surface area contributed by atoms with Crippen LogP contribution in [0.15, 0.2) is 66.2 Å². The van der Waals surface area contributed by atoms with E-state index in [9.17, 15) is 14.7 Å². The quantitative estimate of drug-likeness (QED) is 0.253. The van der Waals surface area contributed by atoms with E-state index in [1.807, 2.05) is 61.5 Å². The van der Waals surface area contributed by atoms with Crippen molar-refractivity contribution in [3.8, 4) is 5.75 Å². The highest BCUT2D eigenvalue weighted by Crippen LogP contribution is 2.42. The van der Waals surface area contributed by atoms with Gasteiger partial charge in [0.15, 0.2) is 0 Å². The van der Waals surface area contributed by atoms with Gasteiger partial charge < -0.3 is 19.5 Å². The number of aliphatic hydroxyl groups is 1. The van der Waals surface area contributed by atoms with E-state index in [4.69, 9.17) is 9.47 Å². The summed E-state index contributed by atoms with van der Waals surface area (Å²) in [4.78, 5) is 28.0. The van der Waals surface area contributed by atoms with Crippen molar-refractivity contribution in [2.24, 2.45) is 0 Å². The van der Waals surface area contributed by atoms with E-state index in [-0.39, 0.29) is 17.4 Å². The number of carbonyl (C=O) groups is 2. The van der Waals surface area contributed by atoms with Gasteiger partial charge in [0.25, 0.3) is 11.7 Å². The number of Topliss-reactive ketones (excluding diaryl/α,β-unsaturated/α-hetero) is 1. The third kappa shape index (κ3) is 3.74. The second-order valence-corrected chi connectivity index (χ2v) is 8.86. The van der Waals surface area contributed by atoms with Crippen molar-refractivity contribution in [3.05, 3.63) is 82.9 Å². The lowest BCUT2D eigenvalue weighted by molar-refractivity contribution is -0.140. The molecule has 1 fully saturated rings. The molecule has 2 aliphatic rings. The molecule has 5 rings (SSSR count). The molecule has 2 atom stereocenters. The Morgan fingerprint density at radius 2 is 1.91 bits per heavy atom. The van der Waals surface area contributed by atoms with Crippen molar-refractivity contribution in [2.45, 2.75) is 31.9 Å². The molecule has 2 aliphatic heterocycles. The van der Waals surface area contributed by atoms with Crippen LogP contribution in [0.3, 0.4) is 0 Å². The smallest absolute Gasteiger partial charge is 0.295 e. The van der Waals surface area contributed by atoms with Gasteiger partial charge in [0, 0.05) is 32.2 Å². The van der Waals surface area contributed by atoms with E-state index in [1.165, 1.54) is 0 Å². The zero-order valence-electron chi connectivity index (χ0n) is 19.3. The first kappa shape index (κ1) is 22.2. The van der Waals surface area contributed by atoms with E-state index in [1.54, 1.807) is 18.1 Å². The van der Waals surface area contributed by atoms with Crippen molar-refractivity contribution >= 4 is 28.2 Å². The van der Waals surface area contributed by atoms with Gasteiger partial charge in [0.1, 0.15) is 17.6 Å². The molecule has 0 spiro atoms. The second kappa shape index (κ2) is 8.95. The molecule has 0 aliphatic carbocycles.